The molecule has 6 heteroatoms. The highest BCUT2D eigenvalue weighted by Gasteiger charge is 2.14. The average Bonchev–Trinajstić information content (AvgIpc) is 2.16. The quantitative estimate of drug-likeness (QED) is 0.564. The van der Waals surface area contributed by atoms with Gasteiger partial charge in [0.25, 0.3) is 0 Å². The second kappa shape index (κ2) is 8.04. The minimum absolute atomic E-state index is 0.0322. The Hall–Kier alpha value is -0.170. The first-order valence-electron chi connectivity index (χ1n) is 5.04. The number of methoxy groups -OCH3 is 1. The molecular weight excluding hydrogens is 218 g/mol. The third-order valence-corrected chi connectivity index (χ3v) is 3.69. The van der Waals surface area contributed by atoms with Gasteiger partial charge in [-0.1, -0.05) is 6.92 Å². The Morgan fingerprint density at radius 3 is 2.47 bits per heavy atom. The van der Waals surface area contributed by atoms with Crippen molar-refractivity contribution >= 4 is 9.84 Å². The predicted molar refractivity (Wildman–Crippen MR) is 59.6 cm³/mol. The molecule has 0 spiro atoms. The van der Waals surface area contributed by atoms with E-state index in [1.165, 1.54) is 0 Å². The van der Waals surface area contributed by atoms with Gasteiger partial charge in [0.05, 0.1) is 31.3 Å². The highest BCUT2D eigenvalue weighted by molar-refractivity contribution is 7.91. The molecule has 0 aromatic carbocycles. The summed E-state index contributed by atoms with van der Waals surface area (Å²) in [5.74, 6) is 0.0710. The van der Waals surface area contributed by atoms with Crippen LogP contribution in [0.15, 0.2) is 0 Å². The van der Waals surface area contributed by atoms with E-state index in [4.69, 9.17) is 15.2 Å². The van der Waals surface area contributed by atoms with Gasteiger partial charge in [0, 0.05) is 13.2 Å². The summed E-state index contributed by atoms with van der Waals surface area (Å²) >= 11 is 0. The zero-order chi connectivity index (χ0) is 11.7. The van der Waals surface area contributed by atoms with Gasteiger partial charge in [0.15, 0.2) is 9.84 Å². The molecule has 0 saturated heterocycles. The lowest BCUT2D eigenvalue weighted by Gasteiger charge is -2.09. The van der Waals surface area contributed by atoms with Crippen molar-refractivity contribution in [2.24, 2.45) is 5.73 Å². The first-order valence-corrected chi connectivity index (χ1v) is 6.86. The van der Waals surface area contributed by atoms with Crippen LogP contribution in [0, 0.1) is 0 Å². The Kier molecular flexibility index (Phi) is 7.95. The summed E-state index contributed by atoms with van der Waals surface area (Å²) in [6, 6.07) is -0.269. The minimum atomic E-state index is -3.07. The third-order valence-electron chi connectivity index (χ3n) is 1.96. The number of sulfone groups is 1. The van der Waals surface area contributed by atoms with E-state index in [1.54, 1.807) is 7.11 Å². The third kappa shape index (κ3) is 8.80. The number of hydrogen-bond donors (Lipinski definition) is 1. The molecule has 1 unspecified atom stereocenters. The van der Waals surface area contributed by atoms with Crippen LogP contribution in [0.4, 0.5) is 0 Å². The molecule has 0 amide bonds. The molecular formula is C9H21NO4S. The van der Waals surface area contributed by atoms with E-state index < -0.39 is 9.84 Å². The second-order valence-corrected chi connectivity index (χ2v) is 5.62. The van der Waals surface area contributed by atoms with Gasteiger partial charge in [-0.2, -0.15) is 0 Å². The van der Waals surface area contributed by atoms with E-state index in [2.05, 4.69) is 0 Å². The molecule has 0 aliphatic rings. The Labute approximate surface area is 91.9 Å². The molecule has 0 aromatic rings. The van der Waals surface area contributed by atoms with Gasteiger partial charge in [-0.3, -0.25) is 0 Å². The van der Waals surface area contributed by atoms with E-state index in [-0.39, 0.29) is 24.2 Å². The molecule has 0 radical (unpaired) electrons. The molecule has 5 nitrogen and oxygen atoms in total. The highest BCUT2D eigenvalue weighted by atomic mass is 32.2. The van der Waals surface area contributed by atoms with Crippen LogP contribution in [0.2, 0.25) is 0 Å². The van der Waals surface area contributed by atoms with Crippen LogP contribution in [0.3, 0.4) is 0 Å². The summed E-state index contributed by atoms with van der Waals surface area (Å²) < 4.78 is 32.7. The zero-order valence-corrected chi connectivity index (χ0v) is 10.3. The summed E-state index contributed by atoms with van der Waals surface area (Å²) in [6.45, 7) is 2.98. The Morgan fingerprint density at radius 2 is 1.93 bits per heavy atom. The number of rotatable bonds is 9. The lowest BCUT2D eigenvalue weighted by Crippen LogP contribution is -2.31. The fourth-order valence-electron chi connectivity index (χ4n) is 0.958. The fraction of sp³-hybridized carbons (Fsp3) is 1.00. The number of hydrogen-bond acceptors (Lipinski definition) is 5. The summed E-state index contributed by atoms with van der Waals surface area (Å²) in [7, 11) is -1.50. The highest BCUT2D eigenvalue weighted by Crippen LogP contribution is 1.96. The Balaban J connectivity index is 3.65. The van der Waals surface area contributed by atoms with Crippen molar-refractivity contribution < 1.29 is 17.9 Å². The molecule has 0 bridgehead atoms. The second-order valence-electron chi connectivity index (χ2n) is 3.39. The Bertz CT molecular complexity index is 240. The van der Waals surface area contributed by atoms with Gasteiger partial charge in [-0.15, -0.1) is 0 Å². The first kappa shape index (κ1) is 14.8. The van der Waals surface area contributed by atoms with E-state index in [9.17, 15) is 8.42 Å². The number of ether oxygens (including phenoxy) is 2. The van der Waals surface area contributed by atoms with Gasteiger partial charge in [0.2, 0.25) is 0 Å². The van der Waals surface area contributed by atoms with Crippen molar-refractivity contribution in [3.05, 3.63) is 0 Å². The smallest absolute Gasteiger partial charge is 0.154 e. The van der Waals surface area contributed by atoms with Gasteiger partial charge >= 0.3 is 0 Å². The lowest BCUT2D eigenvalue weighted by molar-refractivity contribution is 0.0785. The molecule has 92 valence electrons. The monoisotopic (exact) mass is 239 g/mol. The first-order chi connectivity index (χ1) is 7.02. The molecule has 0 saturated carbocycles. The largest absolute Gasteiger partial charge is 0.382 e. The summed E-state index contributed by atoms with van der Waals surface area (Å²) in [5, 5.41) is 0. The maximum atomic E-state index is 11.4. The SMILES string of the molecule is CCC(N)CS(=O)(=O)CCOCCOC. The predicted octanol–water partition coefficient (Wildman–Crippen LogP) is -0.198. The van der Waals surface area contributed by atoms with E-state index in [0.717, 1.165) is 0 Å². The zero-order valence-electron chi connectivity index (χ0n) is 9.44. The summed E-state index contributed by atoms with van der Waals surface area (Å²) in [6.07, 6.45) is 0.670. The molecule has 1 atom stereocenters. The van der Waals surface area contributed by atoms with E-state index in [1.807, 2.05) is 6.92 Å². The van der Waals surface area contributed by atoms with Crippen molar-refractivity contribution in [3.63, 3.8) is 0 Å². The molecule has 0 aromatic heterocycles. The molecule has 0 heterocycles. The van der Waals surface area contributed by atoms with Crippen LogP contribution >= 0.6 is 0 Å². The van der Waals surface area contributed by atoms with Crippen LogP contribution in [0.1, 0.15) is 13.3 Å². The summed E-state index contributed by atoms with van der Waals surface area (Å²) in [5.41, 5.74) is 5.57. The van der Waals surface area contributed by atoms with Crippen molar-refractivity contribution in [1.82, 2.24) is 0 Å². The van der Waals surface area contributed by atoms with Crippen molar-refractivity contribution in [1.29, 1.82) is 0 Å². The van der Waals surface area contributed by atoms with Crippen molar-refractivity contribution in [2.45, 2.75) is 19.4 Å². The maximum Gasteiger partial charge on any atom is 0.154 e. The fourth-order valence-corrected chi connectivity index (χ4v) is 2.38. The normalized spacial score (nSPS) is 14.1. The van der Waals surface area contributed by atoms with E-state index >= 15 is 0 Å². The van der Waals surface area contributed by atoms with Gasteiger partial charge in [-0.25, -0.2) is 8.42 Å². The van der Waals surface area contributed by atoms with Crippen LogP contribution in [0.5, 0.6) is 0 Å². The Morgan fingerprint density at radius 1 is 1.27 bits per heavy atom. The standard InChI is InChI=1S/C9H21NO4S/c1-3-9(10)8-15(11,12)7-6-14-5-4-13-2/h9H,3-8,10H2,1-2H3. The van der Waals surface area contributed by atoms with Gasteiger partial charge in [-0.05, 0) is 6.42 Å². The van der Waals surface area contributed by atoms with Gasteiger partial charge in [0.1, 0.15) is 0 Å². The van der Waals surface area contributed by atoms with Crippen LogP contribution in [-0.2, 0) is 19.3 Å². The molecule has 0 aliphatic heterocycles. The molecule has 2 N–H and O–H groups in total. The van der Waals surface area contributed by atoms with Gasteiger partial charge < -0.3 is 15.2 Å². The molecule has 0 rings (SSSR count). The lowest BCUT2D eigenvalue weighted by atomic mass is 10.3. The summed E-state index contributed by atoms with van der Waals surface area (Å²) in [4.78, 5) is 0. The number of nitrogens with two attached hydrogens (primary N) is 1. The maximum absolute atomic E-state index is 11.4. The van der Waals surface area contributed by atoms with E-state index in [0.29, 0.717) is 19.6 Å². The van der Waals surface area contributed by atoms with Crippen LogP contribution in [-0.4, -0.2) is 52.9 Å². The average molecular weight is 239 g/mol. The molecule has 15 heavy (non-hydrogen) atoms. The minimum Gasteiger partial charge on any atom is -0.382 e. The molecule has 0 fully saturated rings. The van der Waals surface area contributed by atoms with Crippen molar-refractivity contribution in [2.75, 3.05) is 38.4 Å². The van der Waals surface area contributed by atoms with Crippen molar-refractivity contribution in [3.8, 4) is 0 Å². The topological polar surface area (TPSA) is 78.6 Å². The van der Waals surface area contributed by atoms with Crippen LogP contribution < -0.4 is 5.73 Å². The van der Waals surface area contributed by atoms with Crippen LogP contribution in [0.25, 0.3) is 0 Å². The molecule has 0 aliphatic carbocycles.